The van der Waals surface area contributed by atoms with Gasteiger partial charge in [-0.15, -0.1) is 5.10 Å². The Bertz CT molecular complexity index is 1700. The molecule has 18 heteroatoms. The van der Waals surface area contributed by atoms with Crippen LogP contribution in [-0.4, -0.2) is 80.1 Å². The Morgan fingerprint density at radius 1 is 0.951 bits per heavy atom. The molecule has 9 nitrogen and oxygen atoms in total. The Morgan fingerprint density at radius 3 is 2.07 bits per heavy atom. The maximum absolute atomic E-state index is 14.1. The molecule has 3 aromatic rings. The summed E-state index contributed by atoms with van der Waals surface area (Å²) in [7, 11) is -8.39. The summed E-state index contributed by atoms with van der Waals surface area (Å²) >= 11 is 6.26. The zero-order chi connectivity index (χ0) is 30.7. The molecular weight excluding hydrogens is 626 g/mol. The molecule has 0 radical (unpaired) electrons. The van der Waals surface area contributed by atoms with E-state index in [-0.39, 0.29) is 25.7 Å². The van der Waals surface area contributed by atoms with Gasteiger partial charge in [0, 0.05) is 13.1 Å². The number of halogens is 7. The van der Waals surface area contributed by atoms with Crippen LogP contribution in [0.4, 0.5) is 32.2 Å². The number of piperazine rings is 1. The van der Waals surface area contributed by atoms with Crippen LogP contribution in [-0.2, 0) is 24.7 Å². The molecule has 1 amide bonds. The minimum Gasteiger partial charge on any atom is -0.339 e. The number of carbonyl (C=O) groups is 1. The predicted octanol–water partition coefficient (Wildman–Crippen LogP) is 4.25. The molecule has 1 aliphatic heterocycles. The van der Waals surface area contributed by atoms with E-state index < -0.39 is 79.8 Å². The first-order valence-corrected chi connectivity index (χ1v) is 15.1. The molecule has 2 heterocycles. The summed E-state index contributed by atoms with van der Waals surface area (Å²) in [5.74, 6) is -3.01. The van der Waals surface area contributed by atoms with Crippen molar-refractivity contribution < 1.29 is 48.0 Å². The lowest BCUT2D eigenvalue weighted by Gasteiger charge is -2.42. The lowest BCUT2D eigenvalue weighted by Crippen LogP contribution is -2.62. The van der Waals surface area contributed by atoms with Crippen LogP contribution in [0.5, 0.6) is 0 Å². The van der Waals surface area contributed by atoms with E-state index >= 15 is 0 Å². The predicted molar refractivity (Wildman–Crippen MR) is 136 cm³/mol. The Hall–Kier alpha value is -3.05. The molecule has 1 fully saturated rings. The maximum Gasteiger partial charge on any atom is 0.471 e. The number of hydrogen-bond donors (Lipinski definition) is 0. The molecule has 4 rings (SSSR count). The maximum atomic E-state index is 14.1. The van der Waals surface area contributed by atoms with Gasteiger partial charge in [-0.1, -0.05) is 17.7 Å². The van der Waals surface area contributed by atoms with Crippen LogP contribution in [0.15, 0.2) is 52.3 Å². The molecule has 0 N–H and O–H groups in total. The molecule has 1 atom stereocenters. The van der Waals surface area contributed by atoms with Gasteiger partial charge < -0.3 is 9.80 Å². The minimum absolute atomic E-state index is 0.0267. The van der Waals surface area contributed by atoms with Gasteiger partial charge in [0.15, 0.2) is 15.7 Å². The average Bonchev–Trinajstić information content (AvgIpc) is 3.28. The number of carbonyl (C=O) groups excluding carboxylic acids is 1. The molecule has 224 valence electrons. The van der Waals surface area contributed by atoms with Crippen LogP contribution in [0.2, 0.25) is 5.02 Å². The number of nitrogens with zero attached hydrogens (tertiary/aromatic N) is 4. The van der Waals surface area contributed by atoms with Crippen LogP contribution >= 0.6 is 11.6 Å². The summed E-state index contributed by atoms with van der Waals surface area (Å²) in [5.41, 5.74) is -0.235. The van der Waals surface area contributed by atoms with Crippen LogP contribution in [0.25, 0.3) is 10.9 Å². The molecule has 0 aliphatic carbocycles. The highest BCUT2D eigenvalue weighted by Gasteiger charge is 2.52. The van der Waals surface area contributed by atoms with E-state index in [1.165, 1.54) is 32.0 Å². The highest BCUT2D eigenvalue weighted by Crippen LogP contribution is 2.39. The van der Waals surface area contributed by atoms with Crippen LogP contribution in [0, 0.1) is 0 Å². The van der Waals surface area contributed by atoms with E-state index in [9.17, 15) is 48.0 Å². The van der Waals surface area contributed by atoms with E-state index in [4.69, 9.17) is 11.6 Å². The van der Waals surface area contributed by atoms with Gasteiger partial charge in [0.1, 0.15) is 6.04 Å². The molecule has 1 aliphatic rings. The van der Waals surface area contributed by atoms with Gasteiger partial charge in [0.05, 0.1) is 37.5 Å². The van der Waals surface area contributed by atoms with E-state index in [1.54, 1.807) is 0 Å². The highest BCUT2D eigenvalue weighted by molar-refractivity contribution is 7.92. The standard InChI is InChI=1S/C23H21ClF6N4O5S2/c1-13(2)40(36,37)14-6-8-15(9-7-14)41(38,39)34-17-5-3-4-16(24)19(17)20(31-34)33-11-10-32(21(35)23(28,29)30)12-18(33)22(25,26)27/h3-9,13,18H,10-12H2,1-2H3. The first-order chi connectivity index (χ1) is 18.8. The first kappa shape index (κ1) is 30.9. The highest BCUT2D eigenvalue weighted by atomic mass is 35.5. The Morgan fingerprint density at radius 2 is 1.54 bits per heavy atom. The van der Waals surface area contributed by atoms with Gasteiger partial charge in [-0.05, 0) is 50.2 Å². The second-order valence-electron chi connectivity index (χ2n) is 9.37. The average molecular weight is 647 g/mol. The van der Waals surface area contributed by atoms with Gasteiger partial charge >= 0.3 is 18.3 Å². The van der Waals surface area contributed by atoms with E-state index in [1.807, 2.05) is 0 Å². The summed E-state index contributed by atoms with van der Waals surface area (Å²) in [4.78, 5) is 11.7. The normalized spacial score (nSPS) is 17.5. The number of alkyl halides is 6. The van der Waals surface area contributed by atoms with Crippen molar-refractivity contribution >= 4 is 54.1 Å². The summed E-state index contributed by atoms with van der Waals surface area (Å²) in [6, 6.07) is 5.28. The number of amides is 1. The minimum atomic E-state index is -5.39. The van der Waals surface area contributed by atoms with E-state index in [2.05, 4.69) is 5.10 Å². The fourth-order valence-corrected chi connectivity index (χ4v) is 6.91. The Labute approximate surface area is 235 Å². The summed E-state index contributed by atoms with van der Waals surface area (Å²) in [6.07, 6.45) is -10.5. The first-order valence-electron chi connectivity index (χ1n) is 11.7. The zero-order valence-corrected chi connectivity index (χ0v) is 23.5. The number of aromatic nitrogens is 2. The second kappa shape index (κ2) is 10.3. The van der Waals surface area contributed by atoms with Crippen molar-refractivity contribution in [1.29, 1.82) is 0 Å². The van der Waals surface area contributed by atoms with Gasteiger partial charge in [-0.2, -0.15) is 38.8 Å². The summed E-state index contributed by atoms with van der Waals surface area (Å²) in [5, 5.41) is 2.73. The zero-order valence-electron chi connectivity index (χ0n) is 21.1. The third kappa shape index (κ3) is 5.58. The van der Waals surface area contributed by atoms with Crippen molar-refractivity contribution in [2.24, 2.45) is 0 Å². The van der Waals surface area contributed by atoms with Crippen molar-refractivity contribution in [3.8, 4) is 0 Å². The fourth-order valence-electron chi connectivity index (χ4n) is 4.32. The second-order valence-corrected chi connectivity index (χ2v) is 14.0. The number of anilines is 1. The third-order valence-electron chi connectivity index (χ3n) is 6.47. The number of sulfone groups is 1. The van der Waals surface area contributed by atoms with Gasteiger partial charge in [-0.25, -0.2) is 8.42 Å². The lowest BCUT2D eigenvalue weighted by molar-refractivity contribution is -0.192. The SMILES string of the molecule is CC(C)S(=O)(=O)c1ccc(S(=O)(=O)n2nc(N3CCN(C(=O)C(F)(F)F)CC3C(F)(F)F)c3c(Cl)cccc32)cc1. The van der Waals surface area contributed by atoms with Crippen LogP contribution in [0.3, 0.4) is 0 Å². The van der Waals surface area contributed by atoms with Crippen molar-refractivity contribution in [3.63, 3.8) is 0 Å². The number of hydrogen-bond acceptors (Lipinski definition) is 7. The van der Waals surface area contributed by atoms with Crippen molar-refractivity contribution in [3.05, 3.63) is 47.5 Å². The Balaban J connectivity index is 1.83. The largest absolute Gasteiger partial charge is 0.471 e. The van der Waals surface area contributed by atoms with Crippen molar-refractivity contribution in [2.75, 3.05) is 24.5 Å². The molecule has 2 aromatic carbocycles. The summed E-state index contributed by atoms with van der Waals surface area (Å²) in [6.45, 7) is -0.0467. The molecule has 0 spiro atoms. The molecule has 0 saturated carbocycles. The van der Waals surface area contributed by atoms with Crippen LogP contribution < -0.4 is 4.90 Å². The number of rotatable bonds is 5. The summed E-state index contributed by atoms with van der Waals surface area (Å²) < 4.78 is 134. The number of benzene rings is 2. The lowest BCUT2D eigenvalue weighted by atomic mass is 10.1. The molecular formula is C23H21ClF6N4O5S2. The van der Waals surface area contributed by atoms with Gasteiger partial charge in [0.2, 0.25) is 0 Å². The van der Waals surface area contributed by atoms with Gasteiger partial charge in [-0.3, -0.25) is 4.79 Å². The molecule has 41 heavy (non-hydrogen) atoms. The van der Waals surface area contributed by atoms with Crippen LogP contribution in [0.1, 0.15) is 13.8 Å². The Kier molecular flexibility index (Phi) is 7.79. The quantitative estimate of drug-likeness (QED) is 0.381. The van der Waals surface area contributed by atoms with Gasteiger partial charge in [0.25, 0.3) is 10.0 Å². The van der Waals surface area contributed by atoms with Crippen molar-refractivity contribution in [2.45, 2.75) is 47.3 Å². The smallest absolute Gasteiger partial charge is 0.339 e. The van der Waals surface area contributed by atoms with E-state index in [0.29, 0.717) is 8.99 Å². The molecule has 1 aromatic heterocycles. The fraction of sp³-hybridized carbons (Fsp3) is 0.391. The van der Waals surface area contributed by atoms with Crippen molar-refractivity contribution in [1.82, 2.24) is 14.1 Å². The molecule has 1 saturated heterocycles. The topological polar surface area (TPSA) is 110 Å². The molecule has 1 unspecified atom stereocenters. The monoisotopic (exact) mass is 646 g/mol. The van der Waals surface area contributed by atoms with E-state index in [0.717, 1.165) is 24.3 Å². The third-order valence-corrected chi connectivity index (χ3v) is 10.6. The molecule has 0 bridgehead atoms. The number of fused-ring (bicyclic) bond motifs is 1.